The Labute approximate surface area is 121 Å². The molecule has 2 aromatic rings. The number of carbonyl (C=O) groups excluding carboxylic acids is 2. The van der Waals surface area contributed by atoms with Crippen LogP contribution in [0.15, 0.2) is 24.3 Å². The Balaban J connectivity index is 2.02. The van der Waals surface area contributed by atoms with Crippen molar-refractivity contribution < 1.29 is 9.59 Å². The van der Waals surface area contributed by atoms with Gasteiger partial charge in [-0.15, -0.1) is 11.3 Å². The Kier molecular flexibility index (Phi) is 4.14. The number of rotatable bonds is 2. The van der Waals surface area contributed by atoms with Crippen molar-refractivity contribution >= 4 is 34.0 Å². The molecule has 0 saturated heterocycles. The highest BCUT2D eigenvalue weighted by molar-refractivity contribution is 7.15. The van der Waals surface area contributed by atoms with E-state index in [0.29, 0.717) is 10.8 Å². The Morgan fingerprint density at radius 1 is 1.05 bits per heavy atom. The van der Waals surface area contributed by atoms with Crippen LogP contribution in [-0.2, 0) is 9.59 Å². The molecule has 104 valence electrons. The fraction of sp³-hybridized carbons (Fsp3) is 0.214. The maximum Gasteiger partial charge on any atom is 0.315 e. The smallest absolute Gasteiger partial charge is 0.315 e. The quantitative estimate of drug-likeness (QED) is 0.835. The predicted molar refractivity (Wildman–Crippen MR) is 80.0 cm³/mol. The van der Waals surface area contributed by atoms with Gasteiger partial charge in [0.15, 0.2) is 5.13 Å². The van der Waals surface area contributed by atoms with Crippen LogP contribution in [0.4, 0.5) is 10.8 Å². The molecule has 2 amide bonds. The lowest BCUT2D eigenvalue weighted by Gasteiger charge is -2.07. The molecule has 0 fully saturated rings. The lowest BCUT2D eigenvalue weighted by molar-refractivity contribution is -0.133. The Bertz CT molecular complexity index is 645. The fourth-order valence-corrected chi connectivity index (χ4v) is 2.38. The molecule has 2 rings (SSSR count). The highest BCUT2D eigenvalue weighted by Gasteiger charge is 2.16. The minimum atomic E-state index is -0.720. The van der Waals surface area contributed by atoms with Crippen LogP contribution in [0.5, 0.6) is 0 Å². The largest absolute Gasteiger partial charge is 0.318 e. The van der Waals surface area contributed by atoms with E-state index in [2.05, 4.69) is 15.6 Å². The number of aryl methyl sites for hydroxylation is 3. The van der Waals surface area contributed by atoms with Gasteiger partial charge >= 0.3 is 11.8 Å². The Morgan fingerprint density at radius 3 is 2.30 bits per heavy atom. The van der Waals surface area contributed by atoms with E-state index >= 15 is 0 Å². The van der Waals surface area contributed by atoms with Crippen molar-refractivity contribution in [3.8, 4) is 0 Å². The predicted octanol–water partition coefficient (Wildman–Crippen LogP) is 2.65. The van der Waals surface area contributed by atoms with Gasteiger partial charge in [0.2, 0.25) is 0 Å². The maximum absolute atomic E-state index is 11.8. The highest BCUT2D eigenvalue weighted by atomic mass is 32.1. The number of hydrogen-bond donors (Lipinski definition) is 2. The molecule has 0 aliphatic heterocycles. The molecule has 6 heteroatoms. The van der Waals surface area contributed by atoms with Crippen LogP contribution in [-0.4, -0.2) is 16.8 Å². The van der Waals surface area contributed by atoms with E-state index < -0.39 is 11.8 Å². The third-order valence-corrected chi connectivity index (χ3v) is 3.84. The summed E-state index contributed by atoms with van der Waals surface area (Å²) < 4.78 is 0. The van der Waals surface area contributed by atoms with Crippen LogP contribution in [0, 0.1) is 20.8 Å². The van der Waals surface area contributed by atoms with Gasteiger partial charge in [0, 0.05) is 10.6 Å². The second-order valence-corrected chi connectivity index (χ2v) is 5.59. The van der Waals surface area contributed by atoms with E-state index in [0.717, 1.165) is 16.1 Å². The number of thiazole rings is 1. The summed E-state index contributed by atoms with van der Waals surface area (Å²) in [5.41, 5.74) is 2.37. The van der Waals surface area contributed by atoms with Gasteiger partial charge in [-0.2, -0.15) is 0 Å². The molecule has 0 bridgehead atoms. The summed E-state index contributed by atoms with van der Waals surface area (Å²) in [6, 6.07) is 7.28. The molecule has 0 unspecified atom stereocenters. The normalized spacial score (nSPS) is 10.2. The van der Waals surface area contributed by atoms with Crippen LogP contribution >= 0.6 is 11.3 Å². The summed E-state index contributed by atoms with van der Waals surface area (Å²) in [6.45, 7) is 5.63. The fourth-order valence-electron chi connectivity index (χ4n) is 1.57. The standard InChI is InChI=1S/C14H15N3O2S/c1-8-6-4-5-7-11(8)16-12(18)13(19)17-14-15-9(2)10(3)20-14/h4-7H,1-3H3,(H,16,18)(H,15,17,19). The first-order valence-corrected chi connectivity index (χ1v) is 6.91. The Morgan fingerprint density at radius 2 is 1.70 bits per heavy atom. The van der Waals surface area contributed by atoms with Crippen molar-refractivity contribution in [2.45, 2.75) is 20.8 Å². The molecule has 0 atom stereocenters. The second-order valence-electron chi connectivity index (χ2n) is 4.38. The summed E-state index contributed by atoms with van der Waals surface area (Å²) in [4.78, 5) is 28.8. The molecule has 1 heterocycles. The summed E-state index contributed by atoms with van der Waals surface area (Å²) in [5.74, 6) is -1.42. The molecule has 2 N–H and O–H groups in total. The van der Waals surface area contributed by atoms with E-state index in [4.69, 9.17) is 0 Å². The molecule has 0 aliphatic rings. The average Bonchev–Trinajstić information content (AvgIpc) is 2.71. The molecule has 0 saturated carbocycles. The second kappa shape index (κ2) is 5.83. The minimum Gasteiger partial charge on any atom is -0.318 e. The molecule has 0 spiro atoms. The first-order chi connectivity index (χ1) is 9.47. The van der Waals surface area contributed by atoms with E-state index in [1.165, 1.54) is 11.3 Å². The topological polar surface area (TPSA) is 71.1 Å². The van der Waals surface area contributed by atoms with Gasteiger partial charge in [0.25, 0.3) is 0 Å². The average molecular weight is 289 g/mol. The molecule has 0 aliphatic carbocycles. The molecular formula is C14H15N3O2S. The molecular weight excluding hydrogens is 274 g/mol. The number of carbonyl (C=O) groups is 2. The van der Waals surface area contributed by atoms with Gasteiger partial charge < -0.3 is 5.32 Å². The third kappa shape index (κ3) is 3.21. The number of nitrogens with zero attached hydrogens (tertiary/aromatic N) is 1. The van der Waals surface area contributed by atoms with Gasteiger partial charge in [-0.05, 0) is 32.4 Å². The number of hydrogen-bond acceptors (Lipinski definition) is 4. The van der Waals surface area contributed by atoms with Crippen molar-refractivity contribution in [1.82, 2.24) is 4.98 Å². The SMILES string of the molecule is Cc1ccccc1NC(=O)C(=O)Nc1nc(C)c(C)s1. The number of benzene rings is 1. The zero-order chi connectivity index (χ0) is 14.7. The van der Waals surface area contributed by atoms with Crippen LogP contribution in [0.3, 0.4) is 0 Å². The maximum atomic E-state index is 11.8. The van der Waals surface area contributed by atoms with Crippen LogP contribution in [0.25, 0.3) is 0 Å². The number of anilines is 2. The monoisotopic (exact) mass is 289 g/mol. The van der Waals surface area contributed by atoms with E-state index in [9.17, 15) is 9.59 Å². The van der Waals surface area contributed by atoms with E-state index in [-0.39, 0.29) is 0 Å². The van der Waals surface area contributed by atoms with Crippen molar-refractivity contribution in [1.29, 1.82) is 0 Å². The zero-order valence-corrected chi connectivity index (χ0v) is 12.3. The van der Waals surface area contributed by atoms with Gasteiger partial charge in [-0.1, -0.05) is 18.2 Å². The van der Waals surface area contributed by atoms with Gasteiger partial charge in [-0.3, -0.25) is 14.9 Å². The number of aromatic nitrogens is 1. The first kappa shape index (κ1) is 14.2. The third-order valence-electron chi connectivity index (χ3n) is 2.85. The summed E-state index contributed by atoms with van der Waals surface area (Å²) >= 11 is 1.35. The van der Waals surface area contributed by atoms with Gasteiger partial charge in [-0.25, -0.2) is 4.98 Å². The minimum absolute atomic E-state index is 0.435. The molecule has 1 aromatic heterocycles. The van der Waals surface area contributed by atoms with Crippen molar-refractivity contribution in [2.75, 3.05) is 10.6 Å². The number of amides is 2. The van der Waals surface area contributed by atoms with Crippen molar-refractivity contribution in [3.63, 3.8) is 0 Å². The highest BCUT2D eigenvalue weighted by Crippen LogP contribution is 2.21. The number of para-hydroxylation sites is 1. The van der Waals surface area contributed by atoms with Gasteiger partial charge in [0.1, 0.15) is 0 Å². The van der Waals surface area contributed by atoms with E-state index in [1.54, 1.807) is 12.1 Å². The summed E-state index contributed by atoms with van der Waals surface area (Å²) in [6.07, 6.45) is 0. The van der Waals surface area contributed by atoms with Crippen molar-refractivity contribution in [2.24, 2.45) is 0 Å². The van der Waals surface area contributed by atoms with Crippen molar-refractivity contribution in [3.05, 3.63) is 40.4 Å². The van der Waals surface area contributed by atoms with Crippen LogP contribution in [0.2, 0.25) is 0 Å². The van der Waals surface area contributed by atoms with Gasteiger partial charge in [0.05, 0.1) is 5.69 Å². The molecule has 1 aromatic carbocycles. The van der Waals surface area contributed by atoms with Crippen LogP contribution in [0.1, 0.15) is 16.1 Å². The zero-order valence-electron chi connectivity index (χ0n) is 11.5. The molecule has 0 radical (unpaired) electrons. The lowest BCUT2D eigenvalue weighted by Crippen LogP contribution is -2.29. The number of nitrogens with one attached hydrogen (secondary N) is 2. The van der Waals surface area contributed by atoms with E-state index in [1.807, 2.05) is 32.9 Å². The first-order valence-electron chi connectivity index (χ1n) is 6.09. The molecule has 5 nitrogen and oxygen atoms in total. The lowest BCUT2D eigenvalue weighted by atomic mass is 10.2. The summed E-state index contributed by atoms with van der Waals surface area (Å²) in [7, 11) is 0. The Hall–Kier alpha value is -2.21. The van der Waals surface area contributed by atoms with Crippen LogP contribution < -0.4 is 10.6 Å². The molecule has 20 heavy (non-hydrogen) atoms. The summed E-state index contributed by atoms with van der Waals surface area (Å²) in [5, 5.41) is 5.51.